The van der Waals surface area contributed by atoms with E-state index < -0.39 is 5.82 Å². The number of rotatable bonds is 4. The zero-order chi connectivity index (χ0) is 13.8. The van der Waals surface area contributed by atoms with E-state index >= 15 is 0 Å². The molecule has 1 heterocycles. The van der Waals surface area contributed by atoms with E-state index in [1.165, 1.54) is 6.07 Å². The average Bonchev–Trinajstić information content (AvgIpc) is 2.37. The molecule has 1 aromatic heterocycles. The van der Waals surface area contributed by atoms with Gasteiger partial charge in [-0.2, -0.15) is 0 Å². The largest absolute Gasteiger partial charge is 0.508 e. The molecule has 1 atom stereocenters. The van der Waals surface area contributed by atoms with E-state index in [1.54, 1.807) is 12.3 Å². The maximum absolute atomic E-state index is 12.9. The number of halogens is 1. The fourth-order valence-corrected chi connectivity index (χ4v) is 1.96. The molecular formula is C15H17FN2O. The molecule has 0 saturated heterocycles. The standard InChI is InChI=1S/C15H17FN2O/c1-10-8-17-6-5-12(10)9-18-11(2)14-4-3-13(16)7-15(14)19/h3-8,11,18-19H,9H2,1-2H3. The first kappa shape index (κ1) is 13.5. The summed E-state index contributed by atoms with van der Waals surface area (Å²) in [7, 11) is 0. The van der Waals surface area contributed by atoms with Crippen LogP contribution in [-0.2, 0) is 6.54 Å². The molecule has 1 unspecified atom stereocenters. The van der Waals surface area contributed by atoms with Crippen LogP contribution in [0, 0.1) is 12.7 Å². The van der Waals surface area contributed by atoms with Crippen molar-refractivity contribution in [3.05, 3.63) is 59.2 Å². The van der Waals surface area contributed by atoms with Gasteiger partial charge >= 0.3 is 0 Å². The highest BCUT2D eigenvalue weighted by Gasteiger charge is 2.11. The number of phenolic OH excluding ortho intramolecular Hbond substituents is 1. The van der Waals surface area contributed by atoms with Crippen LogP contribution in [-0.4, -0.2) is 10.1 Å². The van der Waals surface area contributed by atoms with Gasteiger partial charge in [-0.25, -0.2) is 4.39 Å². The molecule has 4 heteroatoms. The Balaban J connectivity index is 2.05. The Hall–Kier alpha value is -1.94. The Morgan fingerprint density at radius 3 is 2.84 bits per heavy atom. The number of benzene rings is 1. The lowest BCUT2D eigenvalue weighted by Gasteiger charge is -2.16. The predicted octanol–water partition coefficient (Wildman–Crippen LogP) is 3.09. The topological polar surface area (TPSA) is 45.2 Å². The van der Waals surface area contributed by atoms with Crippen LogP contribution in [0.1, 0.15) is 29.7 Å². The van der Waals surface area contributed by atoms with Crippen LogP contribution in [0.2, 0.25) is 0 Å². The zero-order valence-corrected chi connectivity index (χ0v) is 11.0. The SMILES string of the molecule is Cc1cnccc1CNC(C)c1ccc(F)cc1O. The van der Waals surface area contributed by atoms with Crippen molar-refractivity contribution < 1.29 is 9.50 Å². The summed E-state index contributed by atoms with van der Waals surface area (Å²) in [5.74, 6) is -0.454. The number of aromatic nitrogens is 1. The molecule has 3 nitrogen and oxygen atoms in total. The molecule has 0 fully saturated rings. The molecule has 0 aliphatic heterocycles. The van der Waals surface area contributed by atoms with Gasteiger partial charge in [0.05, 0.1) is 0 Å². The number of aromatic hydroxyl groups is 1. The van der Waals surface area contributed by atoms with Crippen molar-refractivity contribution in [2.24, 2.45) is 0 Å². The van der Waals surface area contributed by atoms with E-state index in [4.69, 9.17) is 0 Å². The second-order valence-electron chi connectivity index (χ2n) is 4.61. The molecule has 100 valence electrons. The second kappa shape index (κ2) is 5.80. The molecule has 0 aliphatic rings. The molecule has 2 N–H and O–H groups in total. The molecule has 0 bridgehead atoms. The lowest BCUT2D eigenvalue weighted by molar-refractivity contribution is 0.446. The Morgan fingerprint density at radius 2 is 2.16 bits per heavy atom. The van der Waals surface area contributed by atoms with Gasteiger partial charge in [-0.3, -0.25) is 4.98 Å². The summed E-state index contributed by atoms with van der Waals surface area (Å²) in [4.78, 5) is 4.04. The first-order valence-electron chi connectivity index (χ1n) is 6.19. The quantitative estimate of drug-likeness (QED) is 0.888. The fourth-order valence-electron chi connectivity index (χ4n) is 1.96. The third kappa shape index (κ3) is 3.29. The third-order valence-corrected chi connectivity index (χ3v) is 3.19. The monoisotopic (exact) mass is 260 g/mol. The number of nitrogens with one attached hydrogen (secondary N) is 1. The van der Waals surface area contributed by atoms with Crippen molar-refractivity contribution in [3.63, 3.8) is 0 Å². The molecule has 19 heavy (non-hydrogen) atoms. The van der Waals surface area contributed by atoms with Gasteiger partial charge in [-0.15, -0.1) is 0 Å². The Bertz CT molecular complexity index is 572. The van der Waals surface area contributed by atoms with Crippen LogP contribution >= 0.6 is 0 Å². The number of aryl methyl sites for hydroxylation is 1. The van der Waals surface area contributed by atoms with E-state index in [1.807, 2.05) is 26.1 Å². The number of pyridine rings is 1. The second-order valence-corrected chi connectivity index (χ2v) is 4.61. The summed E-state index contributed by atoms with van der Waals surface area (Å²) in [6.07, 6.45) is 3.57. The molecule has 1 aromatic carbocycles. The lowest BCUT2D eigenvalue weighted by atomic mass is 10.1. The van der Waals surface area contributed by atoms with Gasteiger partial charge in [0.15, 0.2) is 0 Å². The highest BCUT2D eigenvalue weighted by atomic mass is 19.1. The summed E-state index contributed by atoms with van der Waals surface area (Å²) < 4.78 is 12.9. The summed E-state index contributed by atoms with van der Waals surface area (Å²) in [6, 6.07) is 5.98. The van der Waals surface area contributed by atoms with E-state index in [9.17, 15) is 9.50 Å². The van der Waals surface area contributed by atoms with Gasteiger partial charge in [-0.05, 0) is 37.1 Å². The molecule has 0 aliphatic carbocycles. The average molecular weight is 260 g/mol. The van der Waals surface area contributed by atoms with Gasteiger partial charge in [0, 0.05) is 36.6 Å². The molecule has 0 amide bonds. The first-order chi connectivity index (χ1) is 9.08. The van der Waals surface area contributed by atoms with Crippen molar-refractivity contribution >= 4 is 0 Å². The van der Waals surface area contributed by atoms with Crippen LogP contribution in [0.5, 0.6) is 5.75 Å². The summed E-state index contributed by atoms with van der Waals surface area (Å²) in [5.41, 5.74) is 2.96. The van der Waals surface area contributed by atoms with Crippen molar-refractivity contribution in [3.8, 4) is 5.75 Å². The molecule has 2 aromatic rings. The predicted molar refractivity (Wildman–Crippen MR) is 72.3 cm³/mol. The number of phenols is 1. The summed E-state index contributed by atoms with van der Waals surface area (Å²) >= 11 is 0. The molecule has 0 spiro atoms. The van der Waals surface area contributed by atoms with Gasteiger partial charge < -0.3 is 10.4 Å². The number of hydrogen-bond acceptors (Lipinski definition) is 3. The van der Waals surface area contributed by atoms with E-state index in [0.717, 1.165) is 17.2 Å². The van der Waals surface area contributed by atoms with Crippen molar-refractivity contribution in [1.82, 2.24) is 10.3 Å². The van der Waals surface area contributed by atoms with E-state index in [0.29, 0.717) is 12.1 Å². The Morgan fingerprint density at radius 1 is 1.37 bits per heavy atom. The van der Waals surface area contributed by atoms with Crippen molar-refractivity contribution in [2.45, 2.75) is 26.4 Å². The summed E-state index contributed by atoms with van der Waals surface area (Å²) in [6.45, 7) is 4.61. The normalized spacial score (nSPS) is 12.4. The number of nitrogens with zero attached hydrogens (tertiary/aromatic N) is 1. The smallest absolute Gasteiger partial charge is 0.126 e. The number of hydrogen-bond donors (Lipinski definition) is 2. The van der Waals surface area contributed by atoms with E-state index in [-0.39, 0.29) is 11.8 Å². The fraction of sp³-hybridized carbons (Fsp3) is 0.267. The molecular weight excluding hydrogens is 243 g/mol. The lowest BCUT2D eigenvalue weighted by Crippen LogP contribution is -2.18. The van der Waals surface area contributed by atoms with Crippen LogP contribution in [0.15, 0.2) is 36.7 Å². The van der Waals surface area contributed by atoms with Crippen molar-refractivity contribution in [1.29, 1.82) is 0 Å². The van der Waals surface area contributed by atoms with Crippen LogP contribution in [0.25, 0.3) is 0 Å². The Labute approximate surface area is 112 Å². The highest BCUT2D eigenvalue weighted by Crippen LogP contribution is 2.25. The van der Waals surface area contributed by atoms with Crippen LogP contribution in [0.3, 0.4) is 0 Å². The molecule has 0 radical (unpaired) electrons. The first-order valence-corrected chi connectivity index (χ1v) is 6.19. The van der Waals surface area contributed by atoms with Gasteiger partial charge in [0.25, 0.3) is 0 Å². The Kier molecular flexibility index (Phi) is 4.12. The van der Waals surface area contributed by atoms with E-state index in [2.05, 4.69) is 10.3 Å². The van der Waals surface area contributed by atoms with Crippen LogP contribution in [0.4, 0.5) is 4.39 Å². The molecule has 0 saturated carbocycles. The minimum Gasteiger partial charge on any atom is -0.508 e. The third-order valence-electron chi connectivity index (χ3n) is 3.19. The van der Waals surface area contributed by atoms with Gasteiger partial charge in [0.1, 0.15) is 11.6 Å². The maximum Gasteiger partial charge on any atom is 0.126 e. The minimum atomic E-state index is -0.432. The zero-order valence-electron chi connectivity index (χ0n) is 11.0. The highest BCUT2D eigenvalue weighted by molar-refractivity contribution is 5.35. The maximum atomic E-state index is 12.9. The minimum absolute atomic E-state index is 0.0218. The van der Waals surface area contributed by atoms with Crippen molar-refractivity contribution in [2.75, 3.05) is 0 Å². The van der Waals surface area contributed by atoms with Gasteiger partial charge in [-0.1, -0.05) is 6.07 Å². The van der Waals surface area contributed by atoms with Crippen LogP contribution < -0.4 is 5.32 Å². The van der Waals surface area contributed by atoms with Gasteiger partial charge in [0.2, 0.25) is 0 Å². The molecule has 2 rings (SSSR count). The summed E-state index contributed by atoms with van der Waals surface area (Å²) in [5, 5.41) is 13.0.